The van der Waals surface area contributed by atoms with Crippen LogP contribution in [-0.2, 0) is 17.4 Å². The number of nitrogens with zero attached hydrogens (tertiary/aromatic N) is 2. The Hall–Kier alpha value is -3.46. The minimum atomic E-state index is -1.53. The highest BCUT2D eigenvalue weighted by Crippen LogP contribution is 2.25. The van der Waals surface area contributed by atoms with Crippen molar-refractivity contribution in [2.75, 3.05) is 11.9 Å². The topological polar surface area (TPSA) is 102 Å². The summed E-state index contributed by atoms with van der Waals surface area (Å²) in [5.74, 6) is 0. The first kappa shape index (κ1) is 23.7. The molecule has 3 aromatic carbocycles. The summed E-state index contributed by atoms with van der Waals surface area (Å²) in [5.41, 5.74) is 4.42. The normalized spacial score (nSPS) is 11.7. The number of amides is 2. The second-order valence-electron chi connectivity index (χ2n) is 7.58. The van der Waals surface area contributed by atoms with Gasteiger partial charge in [0.15, 0.2) is 0 Å². The molecule has 0 saturated heterocycles. The second kappa shape index (κ2) is 11.1. The molecule has 4 aromatic rings. The number of nitrogens with one attached hydrogen (secondary N) is 2. The minimum Gasteiger partial charge on any atom is -0.338 e. The summed E-state index contributed by atoms with van der Waals surface area (Å²) in [5, 5.41) is 16.5. The van der Waals surface area contributed by atoms with Crippen molar-refractivity contribution in [3.05, 3.63) is 95.6 Å². The van der Waals surface area contributed by atoms with Crippen LogP contribution >= 0.6 is 11.6 Å². The van der Waals surface area contributed by atoms with Gasteiger partial charge in [-0.05, 0) is 67.4 Å². The van der Waals surface area contributed by atoms with E-state index < -0.39 is 11.0 Å². The fraction of sp³-hybridized carbons (Fsp3) is 0.120. The molecule has 0 aliphatic carbocycles. The van der Waals surface area contributed by atoms with Gasteiger partial charge in [-0.15, -0.1) is 0 Å². The lowest BCUT2D eigenvalue weighted by Gasteiger charge is -2.08. The molecule has 0 aliphatic heterocycles. The van der Waals surface area contributed by atoms with Gasteiger partial charge in [0.1, 0.15) is 11.0 Å². The number of halogens is 1. The van der Waals surface area contributed by atoms with E-state index in [0.717, 1.165) is 29.1 Å². The third kappa shape index (κ3) is 6.11. The SMILES string of the molecule is NS(=O)c1ccc(-n2nc(CCCNC(=O)Nc3ccc(Cl)cc3)cc2-c2ccccc2)cc1. The minimum absolute atomic E-state index is 0.268. The third-order valence-corrected chi connectivity index (χ3v) is 6.13. The van der Waals surface area contributed by atoms with Gasteiger partial charge in [-0.25, -0.2) is 18.8 Å². The molecule has 4 N–H and O–H groups in total. The molecule has 174 valence electrons. The second-order valence-corrected chi connectivity index (χ2v) is 9.08. The number of urea groups is 1. The van der Waals surface area contributed by atoms with Crippen LogP contribution in [0.1, 0.15) is 12.1 Å². The van der Waals surface area contributed by atoms with Crippen LogP contribution in [-0.4, -0.2) is 26.6 Å². The molecule has 1 heterocycles. The fourth-order valence-electron chi connectivity index (χ4n) is 3.47. The molecule has 9 heteroatoms. The molecule has 1 aromatic heterocycles. The average molecular weight is 494 g/mol. The smallest absolute Gasteiger partial charge is 0.319 e. The molecule has 0 fully saturated rings. The number of nitrogens with two attached hydrogens (primary N) is 1. The van der Waals surface area contributed by atoms with E-state index in [-0.39, 0.29) is 6.03 Å². The fourth-order valence-corrected chi connectivity index (χ4v) is 4.00. The zero-order valence-corrected chi connectivity index (χ0v) is 19.9. The van der Waals surface area contributed by atoms with E-state index in [1.807, 2.05) is 47.1 Å². The number of anilines is 1. The van der Waals surface area contributed by atoms with E-state index in [2.05, 4.69) is 16.7 Å². The number of carbonyl (C=O) groups is 1. The van der Waals surface area contributed by atoms with Gasteiger partial charge in [0.05, 0.1) is 22.0 Å². The molecule has 7 nitrogen and oxygen atoms in total. The number of aromatic nitrogens is 2. The summed E-state index contributed by atoms with van der Waals surface area (Å²) in [6, 6.07) is 25.9. The molecule has 0 radical (unpaired) electrons. The van der Waals surface area contributed by atoms with Gasteiger partial charge in [-0.3, -0.25) is 0 Å². The third-order valence-electron chi connectivity index (χ3n) is 5.14. The molecular formula is C25H24ClN5O2S. The molecule has 0 saturated carbocycles. The number of hydrogen-bond donors (Lipinski definition) is 3. The summed E-state index contributed by atoms with van der Waals surface area (Å²) in [6.07, 6.45) is 1.42. The summed E-state index contributed by atoms with van der Waals surface area (Å²) < 4.78 is 13.4. The van der Waals surface area contributed by atoms with E-state index in [1.165, 1.54) is 0 Å². The van der Waals surface area contributed by atoms with Crippen molar-refractivity contribution < 1.29 is 9.00 Å². The maximum absolute atomic E-state index is 12.1. The van der Waals surface area contributed by atoms with Gasteiger partial charge >= 0.3 is 6.03 Å². The van der Waals surface area contributed by atoms with Crippen LogP contribution in [0.25, 0.3) is 16.9 Å². The van der Waals surface area contributed by atoms with E-state index in [1.54, 1.807) is 36.4 Å². The Bertz CT molecular complexity index is 1280. The van der Waals surface area contributed by atoms with Crippen LogP contribution in [0, 0.1) is 0 Å². The molecule has 1 unspecified atom stereocenters. The van der Waals surface area contributed by atoms with Gasteiger partial charge < -0.3 is 10.6 Å². The maximum atomic E-state index is 12.1. The number of hydrogen-bond acceptors (Lipinski definition) is 3. The van der Waals surface area contributed by atoms with Crippen LogP contribution in [0.4, 0.5) is 10.5 Å². The molecule has 0 aliphatic rings. The zero-order chi connectivity index (χ0) is 23.9. The lowest BCUT2D eigenvalue weighted by molar-refractivity contribution is 0.252. The van der Waals surface area contributed by atoms with Crippen molar-refractivity contribution >= 4 is 34.3 Å². The molecule has 0 bridgehead atoms. The molecular weight excluding hydrogens is 470 g/mol. The standard InChI is InChI=1S/C25H24ClN5O2S/c26-19-8-10-20(11-9-19)29-25(32)28-16-4-7-21-17-24(18-5-2-1-3-6-18)31(30-21)22-12-14-23(15-13-22)34(27)33/h1-3,5-6,8-15,17H,4,7,16,27H2,(H2,28,29,32). The number of benzene rings is 3. The lowest BCUT2D eigenvalue weighted by Crippen LogP contribution is -2.29. The Kier molecular flexibility index (Phi) is 7.74. The van der Waals surface area contributed by atoms with Crippen molar-refractivity contribution in [1.82, 2.24) is 15.1 Å². The van der Waals surface area contributed by atoms with Crippen molar-refractivity contribution in [1.29, 1.82) is 0 Å². The molecule has 1 atom stereocenters. The number of carbonyl (C=O) groups excluding carboxylic acids is 1. The van der Waals surface area contributed by atoms with Crippen molar-refractivity contribution in [3.8, 4) is 16.9 Å². The van der Waals surface area contributed by atoms with Crippen molar-refractivity contribution in [3.63, 3.8) is 0 Å². The van der Waals surface area contributed by atoms with Crippen LogP contribution < -0.4 is 15.8 Å². The van der Waals surface area contributed by atoms with Gasteiger partial charge in [-0.2, -0.15) is 5.10 Å². The summed E-state index contributed by atoms with van der Waals surface area (Å²) in [4.78, 5) is 12.7. The van der Waals surface area contributed by atoms with E-state index in [4.69, 9.17) is 21.8 Å². The van der Waals surface area contributed by atoms with Crippen molar-refractivity contribution in [2.45, 2.75) is 17.7 Å². The van der Waals surface area contributed by atoms with E-state index in [0.29, 0.717) is 28.6 Å². The molecule has 4 rings (SSSR count). The highest BCUT2D eigenvalue weighted by atomic mass is 35.5. The van der Waals surface area contributed by atoms with Gasteiger partial charge in [-0.1, -0.05) is 41.9 Å². The van der Waals surface area contributed by atoms with Gasteiger partial charge in [0.25, 0.3) is 0 Å². The Morgan fingerprint density at radius 3 is 2.38 bits per heavy atom. The predicted molar refractivity (Wildman–Crippen MR) is 136 cm³/mol. The zero-order valence-electron chi connectivity index (χ0n) is 18.3. The summed E-state index contributed by atoms with van der Waals surface area (Å²) in [6.45, 7) is 0.504. The summed E-state index contributed by atoms with van der Waals surface area (Å²) in [7, 11) is -1.53. The van der Waals surface area contributed by atoms with Crippen LogP contribution in [0.3, 0.4) is 0 Å². The number of rotatable bonds is 8. The monoisotopic (exact) mass is 493 g/mol. The Morgan fingerprint density at radius 1 is 1.00 bits per heavy atom. The average Bonchev–Trinajstić information content (AvgIpc) is 3.28. The van der Waals surface area contributed by atoms with E-state index >= 15 is 0 Å². The molecule has 0 spiro atoms. The van der Waals surface area contributed by atoms with E-state index in [9.17, 15) is 9.00 Å². The maximum Gasteiger partial charge on any atom is 0.319 e. The summed E-state index contributed by atoms with van der Waals surface area (Å²) >= 11 is 5.87. The van der Waals surface area contributed by atoms with Crippen molar-refractivity contribution in [2.24, 2.45) is 5.14 Å². The van der Waals surface area contributed by atoms with Gasteiger partial charge in [0.2, 0.25) is 0 Å². The highest BCUT2D eigenvalue weighted by molar-refractivity contribution is 7.82. The number of aryl methyl sites for hydroxylation is 1. The lowest BCUT2D eigenvalue weighted by atomic mass is 10.1. The Balaban J connectivity index is 1.42. The Morgan fingerprint density at radius 2 is 1.71 bits per heavy atom. The predicted octanol–water partition coefficient (Wildman–Crippen LogP) is 4.93. The first-order chi connectivity index (χ1) is 16.5. The quantitative estimate of drug-likeness (QED) is 0.303. The molecule has 2 amide bonds. The highest BCUT2D eigenvalue weighted by Gasteiger charge is 2.12. The van der Waals surface area contributed by atoms with Crippen LogP contribution in [0.15, 0.2) is 89.8 Å². The first-order valence-electron chi connectivity index (χ1n) is 10.7. The van der Waals surface area contributed by atoms with Crippen LogP contribution in [0.5, 0.6) is 0 Å². The van der Waals surface area contributed by atoms with Gasteiger partial charge in [0, 0.05) is 22.8 Å². The Labute approximate surface area is 205 Å². The largest absolute Gasteiger partial charge is 0.338 e. The first-order valence-corrected chi connectivity index (χ1v) is 12.3. The van der Waals surface area contributed by atoms with Crippen LogP contribution in [0.2, 0.25) is 5.02 Å². The molecule has 34 heavy (non-hydrogen) atoms.